The number of ether oxygens (including phenoxy) is 2. The Morgan fingerprint density at radius 2 is 1.36 bits per heavy atom. The smallest absolute Gasteiger partial charge is 0.346 e. The summed E-state index contributed by atoms with van der Waals surface area (Å²) in [5, 5.41) is 0. The van der Waals surface area contributed by atoms with Crippen LogP contribution >= 0.6 is 0 Å². The summed E-state index contributed by atoms with van der Waals surface area (Å²) in [7, 11) is 0. The standard InChI is InChI=1S/C29H36F4O3/c1-2-3-4-5-6-7-8-9-20-10-12-21(13-11-20)19-35-22-14-15-24(25(30)16-22)29(34)36-23-17-26(31)28(33)27(32)18-23/h14-18,20-21H,2-13,19H2,1H3. The van der Waals surface area contributed by atoms with Gasteiger partial charge >= 0.3 is 5.97 Å². The third-order valence-corrected chi connectivity index (χ3v) is 7.00. The van der Waals surface area contributed by atoms with E-state index >= 15 is 0 Å². The zero-order valence-electron chi connectivity index (χ0n) is 21.0. The number of hydrogen-bond acceptors (Lipinski definition) is 3. The Hall–Kier alpha value is -2.57. The van der Waals surface area contributed by atoms with Crippen molar-refractivity contribution in [3.8, 4) is 11.5 Å². The summed E-state index contributed by atoms with van der Waals surface area (Å²) >= 11 is 0. The molecule has 1 aliphatic carbocycles. The van der Waals surface area contributed by atoms with Crippen molar-refractivity contribution in [3.05, 3.63) is 59.2 Å². The average molecular weight is 509 g/mol. The quantitative estimate of drug-likeness (QED) is 0.0892. The monoisotopic (exact) mass is 508 g/mol. The van der Waals surface area contributed by atoms with Crippen LogP contribution in [0.25, 0.3) is 0 Å². The van der Waals surface area contributed by atoms with Crippen LogP contribution in [0.4, 0.5) is 17.6 Å². The van der Waals surface area contributed by atoms with Crippen molar-refractivity contribution >= 4 is 5.97 Å². The fraction of sp³-hybridized carbons (Fsp3) is 0.552. The second kappa shape index (κ2) is 14.2. The van der Waals surface area contributed by atoms with Crippen LogP contribution in [0, 0.1) is 35.1 Å². The minimum Gasteiger partial charge on any atom is -0.493 e. The van der Waals surface area contributed by atoms with Crippen molar-refractivity contribution in [1.29, 1.82) is 0 Å². The van der Waals surface area contributed by atoms with Gasteiger partial charge in [0.2, 0.25) is 0 Å². The maximum Gasteiger partial charge on any atom is 0.346 e. The minimum atomic E-state index is -1.68. The zero-order chi connectivity index (χ0) is 25.9. The molecular weight excluding hydrogens is 472 g/mol. The Labute approximate surface area is 211 Å². The summed E-state index contributed by atoms with van der Waals surface area (Å²) in [5.41, 5.74) is -0.418. The normalized spacial score (nSPS) is 17.7. The van der Waals surface area contributed by atoms with Gasteiger partial charge in [0, 0.05) is 18.2 Å². The highest BCUT2D eigenvalue weighted by molar-refractivity contribution is 5.91. The summed E-state index contributed by atoms with van der Waals surface area (Å²) in [6, 6.07) is 4.79. The molecule has 0 atom stereocenters. The molecule has 1 fully saturated rings. The summed E-state index contributed by atoms with van der Waals surface area (Å²) in [4.78, 5) is 12.2. The predicted octanol–water partition coefficient (Wildman–Crippen LogP) is 8.79. The molecule has 0 heterocycles. The van der Waals surface area contributed by atoms with E-state index in [1.807, 2.05) is 0 Å². The highest BCUT2D eigenvalue weighted by atomic mass is 19.2. The molecule has 3 rings (SSSR count). The molecule has 198 valence electrons. The second-order valence-corrected chi connectivity index (χ2v) is 9.84. The third-order valence-electron chi connectivity index (χ3n) is 7.00. The van der Waals surface area contributed by atoms with E-state index in [-0.39, 0.29) is 0 Å². The van der Waals surface area contributed by atoms with Gasteiger partial charge in [0.15, 0.2) is 17.5 Å². The molecule has 0 aromatic heterocycles. The first-order chi connectivity index (χ1) is 17.4. The van der Waals surface area contributed by atoms with Crippen LogP contribution < -0.4 is 9.47 Å². The summed E-state index contributed by atoms with van der Waals surface area (Å²) < 4.78 is 64.7. The molecule has 1 aliphatic rings. The molecule has 2 aromatic rings. The Morgan fingerprint density at radius 3 is 2.00 bits per heavy atom. The molecule has 3 nitrogen and oxygen atoms in total. The van der Waals surface area contributed by atoms with Crippen LogP contribution in [0.2, 0.25) is 0 Å². The van der Waals surface area contributed by atoms with E-state index in [1.165, 1.54) is 76.3 Å². The number of halogens is 4. The lowest BCUT2D eigenvalue weighted by Crippen LogP contribution is -2.20. The van der Waals surface area contributed by atoms with Gasteiger partial charge < -0.3 is 9.47 Å². The molecule has 0 bridgehead atoms. The maximum atomic E-state index is 14.5. The van der Waals surface area contributed by atoms with Crippen molar-refractivity contribution in [2.24, 2.45) is 11.8 Å². The Morgan fingerprint density at radius 1 is 0.778 bits per heavy atom. The van der Waals surface area contributed by atoms with E-state index in [1.54, 1.807) is 0 Å². The lowest BCUT2D eigenvalue weighted by atomic mass is 9.80. The number of rotatable bonds is 13. The van der Waals surface area contributed by atoms with Crippen LogP contribution in [0.3, 0.4) is 0 Å². The van der Waals surface area contributed by atoms with Crippen molar-refractivity contribution in [3.63, 3.8) is 0 Å². The van der Waals surface area contributed by atoms with Gasteiger partial charge in [-0.2, -0.15) is 0 Å². The van der Waals surface area contributed by atoms with Crippen LogP contribution in [0.5, 0.6) is 11.5 Å². The molecule has 0 N–H and O–H groups in total. The molecule has 0 saturated heterocycles. The third kappa shape index (κ3) is 8.52. The second-order valence-electron chi connectivity index (χ2n) is 9.84. The molecule has 0 radical (unpaired) electrons. The first kappa shape index (κ1) is 28.0. The Bertz CT molecular complexity index is 963. The molecule has 36 heavy (non-hydrogen) atoms. The number of carbonyl (C=O) groups is 1. The van der Waals surface area contributed by atoms with E-state index in [9.17, 15) is 22.4 Å². The van der Waals surface area contributed by atoms with Gasteiger partial charge in [-0.15, -0.1) is 0 Å². The number of esters is 1. The molecule has 2 aromatic carbocycles. The van der Waals surface area contributed by atoms with Gasteiger partial charge in [0.25, 0.3) is 0 Å². The molecule has 7 heteroatoms. The fourth-order valence-electron chi connectivity index (χ4n) is 4.80. The number of carbonyl (C=O) groups excluding carboxylic acids is 1. The number of hydrogen-bond donors (Lipinski definition) is 0. The largest absolute Gasteiger partial charge is 0.493 e. The minimum absolute atomic E-state index is 0.299. The molecule has 0 aliphatic heterocycles. The van der Waals surface area contributed by atoms with Gasteiger partial charge in [-0.1, -0.05) is 71.1 Å². The van der Waals surface area contributed by atoms with E-state index in [2.05, 4.69) is 6.92 Å². The first-order valence-corrected chi connectivity index (χ1v) is 13.2. The van der Waals surface area contributed by atoms with Gasteiger partial charge in [0.1, 0.15) is 17.3 Å². The number of unbranched alkanes of at least 4 members (excludes halogenated alkanes) is 6. The summed E-state index contributed by atoms with van der Waals surface area (Å²) in [5.74, 6) is -5.75. The number of benzene rings is 2. The summed E-state index contributed by atoms with van der Waals surface area (Å²) in [6.45, 7) is 2.73. The van der Waals surface area contributed by atoms with Crippen LogP contribution in [0.15, 0.2) is 30.3 Å². The maximum absolute atomic E-state index is 14.5. The lowest BCUT2D eigenvalue weighted by molar-refractivity contribution is 0.0728. The Balaban J connectivity index is 1.39. The fourth-order valence-corrected chi connectivity index (χ4v) is 4.80. The van der Waals surface area contributed by atoms with Crippen LogP contribution in [-0.2, 0) is 0 Å². The SMILES string of the molecule is CCCCCCCCCC1CCC(COc2ccc(C(=O)Oc3cc(F)c(F)c(F)c3)c(F)c2)CC1. The summed E-state index contributed by atoms with van der Waals surface area (Å²) in [6.07, 6.45) is 15.2. The van der Waals surface area contributed by atoms with E-state index in [0.29, 0.717) is 30.4 Å². The van der Waals surface area contributed by atoms with Gasteiger partial charge in [-0.05, 0) is 36.8 Å². The molecule has 1 saturated carbocycles. The van der Waals surface area contributed by atoms with Crippen molar-refractivity contribution in [2.45, 2.75) is 84.0 Å². The van der Waals surface area contributed by atoms with Crippen molar-refractivity contribution < 1.29 is 31.8 Å². The highest BCUT2D eigenvalue weighted by Crippen LogP contribution is 2.33. The van der Waals surface area contributed by atoms with E-state index in [0.717, 1.165) is 24.8 Å². The lowest BCUT2D eigenvalue weighted by Gasteiger charge is -2.28. The molecular formula is C29H36F4O3. The van der Waals surface area contributed by atoms with E-state index in [4.69, 9.17) is 9.47 Å². The van der Waals surface area contributed by atoms with E-state index < -0.39 is 40.6 Å². The Kier molecular flexibility index (Phi) is 11.1. The van der Waals surface area contributed by atoms with Gasteiger partial charge in [-0.25, -0.2) is 22.4 Å². The van der Waals surface area contributed by atoms with Crippen LogP contribution in [-0.4, -0.2) is 12.6 Å². The first-order valence-electron chi connectivity index (χ1n) is 13.2. The average Bonchev–Trinajstić information content (AvgIpc) is 2.86. The van der Waals surface area contributed by atoms with Gasteiger partial charge in [0.05, 0.1) is 12.2 Å². The van der Waals surface area contributed by atoms with Gasteiger partial charge in [-0.3, -0.25) is 0 Å². The molecule has 0 spiro atoms. The molecule has 0 amide bonds. The topological polar surface area (TPSA) is 35.5 Å². The van der Waals surface area contributed by atoms with Crippen molar-refractivity contribution in [1.82, 2.24) is 0 Å². The highest BCUT2D eigenvalue weighted by Gasteiger charge is 2.22. The predicted molar refractivity (Wildman–Crippen MR) is 131 cm³/mol. The zero-order valence-corrected chi connectivity index (χ0v) is 21.0. The van der Waals surface area contributed by atoms with Crippen LogP contribution in [0.1, 0.15) is 94.3 Å². The molecule has 0 unspecified atom stereocenters. The van der Waals surface area contributed by atoms with Crippen molar-refractivity contribution in [2.75, 3.05) is 6.61 Å².